The lowest BCUT2D eigenvalue weighted by Crippen LogP contribution is -2.45. The Balaban J connectivity index is 1.19. The van der Waals surface area contributed by atoms with Crippen molar-refractivity contribution in [3.63, 3.8) is 0 Å². The molecule has 39 heavy (non-hydrogen) atoms. The number of rotatable bonds is 6. The number of H-pyrrole nitrogens is 1. The summed E-state index contributed by atoms with van der Waals surface area (Å²) in [5.74, 6) is 0.352. The number of imidazole rings is 1. The summed E-state index contributed by atoms with van der Waals surface area (Å²) in [5, 5.41) is 24.0. The standard InChI is InChI=1S/C27H26ClN7O4/c28-20-11-22-21(31-27(32-22)39-18-9-23(37)24(12-36)38-13-18)10-19(20)16-3-1-14(2-4-16)15-5-7-17(8-6-15)35-26(30)33-25(29)34-35/h1-8,10-11,18,23-24,36-37H,9,12-13H2,(H,31,32)(H4,29,30,33,34). The van der Waals surface area contributed by atoms with Crippen LogP contribution in [0.2, 0.25) is 5.02 Å². The summed E-state index contributed by atoms with van der Waals surface area (Å²) in [6.07, 6.45) is -1.43. The smallest absolute Gasteiger partial charge is 0.294 e. The maximum Gasteiger partial charge on any atom is 0.294 e. The Kier molecular flexibility index (Phi) is 6.57. The van der Waals surface area contributed by atoms with E-state index in [-0.39, 0.29) is 31.2 Å². The molecule has 1 aliphatic rings. The molecule has 200 valence electrons. The highest BCUT2D eigenvalue weighted by Gasteiger charge is 2.31. The van der Waals surface area contributed by atoms with Crippen molar-refractivity contribution in [1.82, 2.24) is 24.7 Å². The van der Waals surface area contributed by atoms with Crippen molar-refractivity contribution >= 4 is 34.5 Å². The first-order chi connectivity index (χ1) is 18.9. The molecule has 12 heteroatoms. The number of hydrogen-bond donors (Lipinski definition) is 5. The van der Waals surface area contributed by atoms with E-state index in [1.807, 2.05) is 60.7 Å². The minimum Gasteiger partial charge on any atom is -0.459 e. The maximum absolute atomic E-state index is 10.1. The van der Waals surface area contributed by atoms with Gasteiger partial charge in [-0.25, -0.2) is 0 Å². The third-order valence-electron chi connectivity index (χ3n) is 6.73. The topological polar surface area (TPSA) is 170 Å². The minimum absolute atomic E-state index is 0.123. The van der Waals surface area contributed by atoms with Crippen molar-refractivity contribution in [2.75, 3.05) is 24.7 Å². The van der Waals surface area contributed by atoms with Crippen LogP contribution in [0.1, 0.15) is 6.42 Å². The second kappa shape index (κ2) is 10.2. The van der Waals surface area contributed by atoms with Gasteiger partial charge in [0.2, 0.25) is 11.9 Å². The molecule has 3 heterocycles. The van der Waals surface area contributed by atoms with Crippen LogP contribution in [-0.4, -0.2) is 66.5 Å². The number of aromatic nitrogens is 5. The Labute approximate surface area is 228 Å². The molecule has 0 aliphatic carbocycles. The van der Waals surface area contributed by atoms with Crippen LogP contribution < -0.4 is 16.2 Å². The number of benzene rings is 3. The summed E-state index contributed by atoms with van der Waals surface area (Å²) >= 11 is 6.64. The number of hydrogen-bond acceptors (Lipinski definition) is 9. The second-order valence-corrected chi connectivity index (χ2v) is 9.76. The number of nitrogen functional groups attached to an aromatic ring is 2. The highest BCUT2D eigenvalue weighted by molar-refractivity contribution is 6.34. The van der Waals surface area contributed by atoms with Gasteiger partial charge in [-0.3, -0.25) is 0 Å². The van der Waals surface area contributed by atoms with Crippen molar-refractivity contribution in [3.05, 3.63) is 65.7 Å². The quantitative estimate of drug-likeness (QED) is 0.214. The number of aliphatic hydroxyl groups is 2. The number of fused-ring (bicyclic) bond motifs is 1. The van der Waals surface area contributed by atoms with Crippen LogP contribution >= 0.6 is 11.6 Å². The number of ether oxygens (including phenoxy) is 2. The van der Waals surface area contributed by atoms with Crippen LogP contribution in [0.25, 0.3) is 39.0 Å². The summed E-state index contributed by atoms with van der Waals surface area (Å²) in [7, 11) is 0. The lowest BCUT2D eigenvalue weighted by atomic mass is 10.00. The van der Waals surface area contributed by atoms with Crippen molar-refractivity contribution in [2.45, 2.75) is 24.7 Å². The van der Waals surface area contributed by atoms with Gasteiger partial charge in [0.1, 0.15) is 12.2 Å². The number of anilines is 2. The first-order valence-electron chi connectivity index (χ1n) is 12.3. The Morgan fingerprint density at radius 3 is 2.36 bits per heavy atom. The fourth-order valence-electron chi connectivity index (χ4n) is 4.70. The molecule has 3 aromatic carbocycles. The molecule has 0 amide bonds. The van der Waals surface area contributed by atoms with E-state index in [4.69, 9.17) is 32.5 Å². The van der Waals surface area contributed by atoms with E-state index in [1.54, 1.807) is 0 Å². The summed E-state index contributed by atoms with van der Waals surface area (Å²) in [5.41, 5.74) is 17.5. The molecule has 11 nitrogen and oxygen atoms in total. The number of nitrogens with one attached hydrogen (secondary N) is 1. The van der Waals surface area contributed by atoms with Gasteiger partial charge < -0.3 is 36.1 Å². The van der Waals surface area contributed by atoms with Crippen molar-refractivity contribution in [3.8, 4) is 34.0 Å². The molecule has 0 bridgehead atoms. The Morgan fingerprint density at radius 1 is 1.03 bits per heavy atom. The molecule has 0 spiro atoms. The third-order valence-corrected chi connectivity index (χ3v) is 7.04. The molecule has 1 saturated heterocycles. The zero-order valence-corrected chi connectivity index (χ0v) is 21.4. The molecular weight excluding hydrogens is 522 g/mol. The molecule has 3 atom stereocenters. The molecule has 0 radical (unpaired) electrons. The predicted molar refractivity (Wildman–Crippen MR) is 148 cm³/mol. The largest absolute Gasteiger partial charge is 0.459 e. The monoisotopic (exact) mass is 547 g/mol. The lowest BCUT2D eigenvalue weighted by molar-refractivity contribution is -0.131. The van der Waals surface area contributed by atoms with Crippen LogP contribution in [0.5, 0.6) is 6.01 Å². The number of aliphatic hydroxyl groups excluding tert-OH is 2. The van der Waals surface area contributed by atoms with Gasteiger partial charge in [-0.1, -0.05) is 48.0 Å². The molecule has 6 rings (SSSR count). The molecule has 5 aromatic rings. The van der Waals surface area contributed by atoms with Gasteiger partial charge in [-0.15, -0.1) is 5.10 Å². The predicted octanol–water partition coefficient (Wildman–Crippen LogP) is 3.18. The molecule has 1 aliphatic heterocycles. The average Bonchev–Trinajstić information content (AvgIpc) is 3.49. The van der Waals surface area contributed by atoms with Gasteiger partial charge >= 0.3 is 0 Å². The summed E-state index contributed by atoms with van der Waals surface area (Å²) in [6.45, 7) is 0.0199. The van der Waals surface area contributed by atoms with Gasteiger partial charge in [0.05, 0.1) is 41.1 Å². The maximum atomic E-state index is 10.1. The zero-order chi connectivity index (χ0) is 27.1. The Hall–Kier alpha value is -4.16. The second-order valence-electron chi connectivity index (χ2n) is 9.35. The number of nitrogens with zero attached hydrogens (tertiary/aromatic N) is 4. The van der Waals surface area contributed by atoms with Gasteiger partial charge in [0.15, 0.2) is 0 Å². The summed E-state index contributed by atoms with van der Waals surface area (Å²) < 4.78 is 12.9. The molecular formula is C27H26ClN7O4. The van der Waals surface area contributed by atoms with Crippen molar-refractivity contribution in [1.29, 1.82) is 0 Å². The normalized spacial score (nSPS) is 19.4. The molecule has 0 saturated carbocycles. The molecule has 1 fully saturated rings. The van der Waals surface area contributed by atoms with Crippen LogP contribution in [0, 0.1) is 0 Å². The van der Waals surface area contributed by atoms with Crippen molar-refractivity contribution < 1.29 is 19.7 Å². The molecule has 2 aromatic heterocycles. The van der Waals surface area contributed by atoms with Crippen LogP contribution in [-0.2, 0) is 4.74 Å². The van der Waals surface area contributed by atoms with Crippen LogP contribution in [0.3, 0.4) is 0 Å². The highest BCUT2D eigenvalue weighted by Crippen LogP contribution is 2.34. The fourth-order valence-corrected chi connectivity index (χ4v) is 4.97. The van der Waals surface area contributed by atoms with E-state index in [0.29, 0.717) is 23.0 Å². The van der Waals surface area contributed by atoms with Gasteiger partial charge in [-0.05, 0) is 41.0 Å². The third kappa shape index (κ3) is 5.00. The van der Waals surface area contributed by atoms with Gasteiger partial charge in [-0.2, -0.15) is 14.6 Å². The summed E-state index contributed by atoms with van der Waals surface area (Å²) in [4.78, 5) is 11.6. The van der Waals surface area contributed by atoms with E-state index in [2.05, 4.69) is 20.1 Å². The highest BCUT2D eigenvalue weighted by atomic mass is 35.5. The van der Waals surface area contributed by atoms with E-state index in [9.17, 15) is 10.2 Å². The van der Waals surface area contributed by atoms with E-state index >= 15 is 0 Å². The zero-order valence-electron chi connectivity index (χ0n) is 20.7. The Bertz CT molecular complexity index is 1620. The number of aromatic amines is 1. The van der Waals surface area contributed by atoms with Gasteiger partial charge in [0, 0.05) is 12.0 Å². The number of nitrogens with two attached hydrogens (primary N) is 2. The van der Waals surface area contributed by atoms with Gasteiger partial charge in [0.25, 0.3) is 6.01 Å². The Morgan fingerprint density at radius 2 is 1.72 bits per heavy atom. The first-order valence-corrected chi connectivity index (χ1v) is 12.7. The van der Waals surface area contributed by atoms with Crippen LogP contribution in [0.4, 0.5) is 11.9 Å². The van der Waals surface area contributed by atoms with Crippen molar-refractivity contribution in [2.24, 2.45) is 0 Å². The number of halogens is 1. The molecule has 3 unspecified atom stereocenters. The SMILES string of the molecule is Nc1nc(N)n(-c2ccc(-c3ccc(-c4cc5nc(OC6COC(CO)C(O)C6)[nH]c5cc4Cl)cc3)cc2)n1. The van der Waals surface area contributed by atoms with E-state index in [0.717, 1.165) is 33.5 Å². The molecule has 7 N–H and O–H groups in total. The summed E-state index contributed by atoms with van der Waals surface area (Å²) in [6, 6.07) is 19.9. The fraction of sp³-hybridized carbons (Fsp3) is 0.222. The lowest BCUT2D eigenvalue weighted by Gasteiger charge is -2.31. The average molecular weight is 548 g/mol. The first kappa shape index (κ1) is 25.1. The minimum atomic E-state index is -0.799. The van der Waals surface area contributed by atoms with E-state index < -0.39 is 12.2 Å². The van der Waals surface area contributed by atoms with Crippen LogP contribution in [0.15, 0.2) is 60.7 Å². The van der Waals surface area contributed by atoms with E-state index in [1.165, 1.54) is 4.68 Å².